The molecule has 0 radical (unpaired) electrons. The molecule has 1 unspecified atom stereocenters. The number of carbonyl (C=O) groups excluding carboxylic acids is 1. The van der Waals surface area contributed by atoms with Gasteiger partial charge in [-0.1, -0.05) is 23.2 Å². The van der Waals surface area contributed by atoms with Gasteiger partial charge in [-0.3, -0.25) is 4.79 Å². The van der Waals surface area contributed by atoms with E-state index in [9.17, 15) is 4.79 Å². The lowest BCUT2D eigenvalue weighted by Crippen LogP contribution is -2.35. The highest BCUT2D eigenvalue weighted by molar-refractivity contribution is 6.44. The molecule has 1 aromatic rings. The second kappa shape index (κ2) is 6.66. The third kappa shape index (κ3) is 3.37. The third-order valence-electron chi connectivity index (χ3n) is 3.45. The van der Waals surface area contributed by atoms with Gasteiger partial charge >= 0.3 is 0 Å². The lowest BCUT2D eigenvalue weighted by atomic mass is 10.1. The SMILES string of the molecule is CCN(CC1CCOC1)C(=O)c1cc(N)cc(Cl)c1Cl. The van der Waals surface area contributed by atoms with E-state index in [4.69, 9.17) is 33.7 Å². The Morgan fingerprint density at radius 1 is 1.50 bits per heavy atom. The molecule has 0 bridgehead atoms. The fraction of sp³-hybridized carbons (Fsp3) is 0.500. The van der Waals surface area contributed by atoms with Crippen molar-refractivity contribution < 1.29 is 9.53 Å². The van der Waals surface area contributed by atoms with Gasteiger partial charge < -0.3 is 15.4 Å². The van der Waals surface area contributed by atoms with Crippen LogP contribution in [0.3, 0.4) is 0 Å². The highest BCUT2D eigenvalue weighted by Gasteiger charge is 2.24. The molecule has 0 aromatic heterocycles. The summed E-state index contributed by atoms with van der Waals surface area (Å²) < 4.78 is 5.34. The van der Waals surface area contributed by atoms with Crippen molar-refractivity contribution in [2.45, 2.75) is 13.3 Å². The second-order valence-electron chi connectivity index (χ2n) is 4.94. The molecule has 1 fully saturated rings. The number of anilines is 1. The molecule has 20 heavy (non-hydrogen) atoms. The number of nitrogens with zero attached hydrogens (tertiary/aromatic N) is 1. The summed E-state index contributed by atoms with van der Waals surface area (Å²) in [4.78, 5) is 14.3. The predicted molar refractivity (Wildman–Crippen MR) is 81.4 cm³/mol. The van der Waals surface area contributed by atoms with E-state index in [1.54, 1.807) is 17.0 Å². The van der Waals surface area contributed by atoms with Gasteiger partial charge in [-0.2, -0.15) is 0 Å². The number of hydrogen-bond acceptors (Lipinski definition) is 3. The molecule has 110 valence electrons. The average molecular weight is 317 g/mol. The van der Waals surface area contributed by atoms with Gasteiger partial charge in [0.1, 0.15) is 0 Å². The van der Waals surface area contributed by atoms with Crippen molar-refractivity contribution in [3.8, 4) is 0 Å². The molecule has 0 saturated carbocycles. The zero-order valence-electron chi connectivity index (χ0n) is 11.4. The first kappa shape index (κ1) is 15.4. The number of nitrogen functional groups attached to an aromatic ring is 1. The van der Waals surface area contributed by atoms with Crippen LogP contribution >= 0.6 is 23.2 Å². The van der Waals surface area contributed by atoms with Crippen molar-refractivity contribution in [1.82, 2.24) is 4.90 Å². The maximum Gasteiger partial charge on any atom is 0.255 e. The normalized spacial score (nSPS) is 18.2. The van der Waals surface area contributed by atoms with Crippen LogP contribution in [0.15, 0.2) is 12.1 Å². The first-order valence-corrected chi connectivity index (χ1v) is 7.40. The van der Waals surface area contributed by atoms with Crippen LogP contribution in [-0.4, -0.2) is 37.1 Å². The Morgan fingerprint density at radius 3 is 2.85 bits per heavy atom. The molecule has 1 atom stereocenters. The summed E-state index contributed by atoms with van der Waals surface area (Å²) in [6, 6.07) is 3.12. The Balaban J connectivity index is 2.19. The fourth-order valence-corrected chi connectivity index (χ4v) is 2.75. The van der Waals surface area contributed by atoms with E-state index in [1.807, 2.05) is 6.92 Å². The molecule has 6 heteroatoms. The largest absolute Gasteiger partial charge is 0.399 e. The van der Waals surface area contributed by atoms with Crippen molar-refractivity contribution in [3.05, 3.63) is 27.7 Å². The first-order chi connectivity index (χ1) is 9.52. The van der Waals surface area contributed by atoms with Gasteiger partial charge in [0.2, 0.25) is 0 Å². The molecule has 0 aliphatic carbocycles. The van der Waals surface area contributed by atoms with Crippen molar-refractivity contribution >= 4 is 34.8 Å². The predicted octanol–water partition coefficient (Wildman–Crippen LogP) is 3.07. The van der Waals surface area contributed by atoms with Crippen molar-refractivity contribution in [1.29, 1.82) is 0 Å². The molecule has 1 saturated heterocycles. The molecule has 1 aliphatic rings. The highest BCUT2D eigenvalue weighted by Crippen LogP contribution is 2.30. The van der Waals surface area contributed by atoms with E-state index in [0.717, 1.165) is 13.0 Å². The average Bonchev–Trinajstić information content (AvgIpc) is 2.92. The quantitative estimate of drug-likeness (QED) is 0.868. The molecule has 1 heterocycles. The lowest BCUT2D eigenvalue weighted by molar-refractivity contribution is 0.0731. The lowest BCUT2D eigenvalue weighted by Gasteiger charge is -2.24. The van der Waals surface area contributed by atoms with Gasteiger partial charge in [0, 0.05) is 31.3 Å². The summed E-state index contributed by atoms with van der Waals surface area (Å²) in [6.07, 6.45) is 0.981. The number of carbonyl (C=O) groups is 1. The Kier molecular flexibility index (Phi) is 5.13. The second-order valence-corrected chi connectivity index (χ2v) is 5.72. The van der Waals surface area contributed by atoms with E-state index in [2.05, 4.69) is 0 Å². The molecular formula is C14H18Cl2N2O2. The maximum atomic E-state index is 12.6. The van der Waals surface area contributed by atoms with Gasteiger partial charge in [0.25, 0.3) is 5.91 Å². The standard InChI is InChI=1S/C14H18Cl2N2O2/c1-2-18(7-9-3-4-20-8-9)14(19)11-5-10(17)6-12(15)13(11)16/h5-6,9H,2-4,7-8,17H2,1H3. The zero-order chi connectivity index (χ0) is 14.7. The van der Waals surface area contributed by atoms with Crippen molar-refractivity contribution in [2.24, 2.45) is 5.92 Å². The van der Waals surface area contributed by atoms with E-state index in [1.165, 1.54) is 0 Å². The monoisotopic (exact) mass is 316 g/mol. The van der Waals surface area contributed by atoms with Crippen LogP contribution in [-0.2, 0) is 4.74 Å². The molecule has 1 amide bonds. The summed E-state index contributed by atoms with van der Waals surface area (Å²) in [5, 5.41) is 0.558. The van der Waals surface area contributed by atoms with Crippen LogP contribution in [0.1, 0.15) is 23.7 Å². The maximum absolute atomic E-state index is 12.6. The number of halogens is 2. The van der Waals surface area contributed by atoms with Crippen LogP contribution in [0.4, 0.5) is 5.69 Å². The Labute approximate surface area is 128 Å². The van der Waals surface area contributed by atoms with Gasteiger partial charge in [0.15, 0.2) is 0 Å². The van der Waals surface area contributed by atoms with Crippen molar-refractivity contribution in [3.63, 3.8) is 0 Å². The van der Waals surface area contributed by atoms with E-state index in [0.29, 0.717) is 41.9 Å². The first-order valence-electron chi connectivity index (χ1n) is 6.64. The Bertz CT molecular complexity index is 502. The molecule has 1 aromatic carbocycles. The minimum Gasteiger partial charge on any atom is -0.399 e. The zero-order valence-corrected chi connectivity index (χ0v) is 12.9. The van der Waals surface area contributed by atoms with Gasteiger partial charge in [-0.05, 0) is 25.5 Å². The molecular weight excluding hydrogens is 299 g/mol. The molecule has 2 N–H and O–H groups in total. The van der Waals surface area contributed by atoms with Crippen LogP contribution in [0, 0.1) is 5.92 Å². The van der Waals surface area contributed by atoms with Crippen molar-refractivity contribution in [2.75, 3.05) is 32.0 Å². The summed E-state index contributed by atoms with van der Waals surface area (Å²) >= 11 is 12.1. The summed E-state index contributed by atoms with van der Waals surface area (Å²) in [7, 11) is 0. The van der Waals surface area contributed by atoms with E-state index in [-0.39, 0.29) is 10.9 Å². The summed E-state index contributed by atoms with van der Waals surface area (Å²) in [5.74, 6) is 0.243. The summed E-state index contributed by atoms with van der Waals surface area (Å²) in [5.41, 5.74) is 6.53. The molecule has 4 nitrogen and oxygen atoms in total. The van der Waals surface area contributed by atoms with Crippen LogP contribution in [0.2, 0.25) is 10.0 Å². The molecule has 2 rings (SSSR count). The van der Waals surface area contributed by atoms with Gasteiger partial charge in [-0.25, -0.2) is 0 Å². The minimum atomic E-state index is -0.140. The minimum absolute atomic E-state index is 0.140. The number of ether oxygens (including phenoxy) is 1. The third-order valence-corrected chi connectivity index (χ3v) is 4.25. The smallest absolute Gasteiger partial charge is 0.255 e. The number of rotatable bonds is 4. The number of nitrogens with two attached hydrogens (primary N) is 1. The van der Waals surface area contributed by atoms with E-state index >= 15 is 0 Å². The van der Waals surface area contributed by atoms with Gasteiger partial charge in [-0.15, -0.1) is 0 Å². The van der Waals surface area contributed by atoms with Crippen LogP contribution in [0.25, 0.3) is 0 Å². The summed E-state index contributed by atoms with van der Waals surface area (Å²) in [6.45, 7) is 4.68. The highest BCUT2D eigenvalue weighted by atomic mass is 35.5. The number of amides is 1. The molecule has 0 spiro atoms. The Morgan fingerprint density at radius 2 is 2.25 bits per heavy atom. The molecule has 1 aliphatic heterocycles. The van der Waals surface area contributed by atoms with E-state index < -0.39 is 0 Å². The fourth-order valence-electron chi connectivity index (χ4n) is 2.33. The number of hydrogen-bond donors (Lipinski definition) is 1. The van der Waals surface area contributed by atoms with Crippen LogP contribution in [0.5, 0.6) is 0 Å². The van der Waals surface area contributed by atoms with Gasteiger partial charge in [0.05, 0.1) is 22.2 Å². The topological polar surface area (TPSA) is 55.6 Å². The Hall–Kier alpha value is -0.970. The van der Waals surface area contributed by atoms with Crippen LogP contribution < -0.4 is 5.73 Å². The number of benzene rings is 1.